The van der Waals surface area contributed by atoms with Crippen LogP contribution in [0.5, 0.6) is 0 Å². The Morgan fingerprint density at radius 3 is 2.88 bits per heavy atom. The third kappa shape index (κ3) is 1.41. The van der Waals surface area contributed by atoms with E-state index in [1.165, 1.54) is 5.69 Å². The average Bonchev–Trinajstić information content (AvgIpc) is 2.83. The van der Waals surface area contributed by atoms with Crippen LogP contribution in [0.2, 0.25) is 0 Å². The summed E-state index contributed by atoms with van der Waals surface area (Å²) in [5.41, 5.74) is 3.39. The molecule has 0 spiro atoms. The minimum atomic E-state index is 1.04. The van der Waals surface area contributed by atoms with Crippen molar-refractivity contribution in [1.82, 2.24) is 9.38 Å². The van der Waals surface area contributed by atoms with E-state index >= 15 is 0 Å². The van der Waals surface area contributed by atoms with E-state index in [1.807, 2.05) is 18.2 Å². The molecule has 0 aliphatic heterocycles. The van der Waals surface area contributed by atoms with Crippen molar-refractivity contribution in [1.29, 1.82) is 0 Å². The van der Waals surface area contributed by atoms with Gasteiger partial charge < -0.3 is 0 Å². The Morgan fingerprint density at radius 1 is 1.31 bits per heavy atom. The summed E-state index contributed by atoms with van der Waals surface area (Å²) >= 11 is 5.23. The SMILES string of the molecule is Cc1c(-c2ccccc2Br)nc2sccn12. The van der Waals surface area contributed by atoms with Crippen LogP contribution in [0.25, 0.3) is 16.2 Å². The van der Waals surface area contributed by atoms with Crippen LogP contribution in [0.4, 0.5) is 0 Å². The van der Waals surface area contributed by atoms with Gasteiger partial charge in [-0.1, -0.05) is 34.1 Å². The van der Waals surface area contributed by atoms with E-state index in [0.29, 0.717) is 0 Å². The lowest BCUT2D eigenvalue weighted by Gasteiger charge is -2.01. The Kier molecular flexibility index (Phi) is 2.33. The molecule has 3 aromatic rings. The molecule has 4 heteroatoms. The van der Waals surface area contributed by atoms with E-state index in [-0.39, 0.29) is 0 Å². The number of aryl methyl sites for hydroxylation is 1. The summed E-state index contributed by atoms with van der Waals surface area (Å²) in [6, 6.07) is 8.18. The molecule has 1 aromatic carbocycles. The van der Waals surface area contributed by atoms with Crippen LogP contribution in [0.1, 0.15) is 5.69 Å². The maximum atomic E-state index is 4.65. The molecule has 0 atom stereocenters. The smallest absolute Gasteiger partial charge is 0.194 e. The highest BCUT2D eigenvalue weighted by Crippen LogP contribution is 2.31. The molecule has 0 fully saturated rings. The van der Waals surface area contributed by atoms with Gasteiger partial charge in [0, 0.05) is 27.3 Å². The molecular weight excluding hydrogens is 284 g/mol. The highest BCUT2D eigenvalue weighted by atomic mass is 79.9. The molecule has 0 N–H and O–H groups in total. The van der Waals surface area contributed by atoms with Crippen LogP contribution < -0.4 is 0 Å². The number of hydrogen-bond donors (Lipinski definition) is 0. The van der Waals surface area contributed by atoms with E-state index < -0.39 is 0 Å². The van der Waals surface area contributed by atoms with Gasteiger partial charge in [0.15, 0.2) is 4.96 Å². The topological polar surface area (TPSA) is 17.3 Å². The first-order chi connectivity index (χ1) is 7.77. The number of benzene rings is 1. The first-order valence-electron chi connectivity index (χ1n) is 4.94. The van der Waals surface area contributed by atoms with Crippen LogP contribution in [0, 0.1) is 6.92 Å². The number of hydrogen-bond acceptors (Lipinski definition) is 2. The number of fused-ring (bicyclic) bond motifs is 1. The molecule has 2 aromatic heterocycles. The summed E-state index contributed by atoms with van der Waals surface area (Å²) in [6.45, 7) is 2.10. The van der Waals surface area contributed by atoms with Crippen molar-refractivity contribution in [2.75, 3.05) is 0 Å². The highest BCUT2D eigenvalue weighted by molar-refractivity contribution is 9.10. The van der Waals surface area contributed by atoms with Gasteiger partial charge in [-0.05, 0) is 13.0 Å². The number of aromatic nitrogens is 2. The maximum absolute atomic E-state index is 4.65. The zero-order valence-corrected chi connectivity index (χ0v) is 11.0. The first kappa shape index (κ1) is 10.1. The lowest BCUT2D eigenvalue weighted by atomic mass is 10.1. The molecule has 3 rings (SSSR count). The predicted octanol–water partition coefficient (Wildman–Crippen LogP) is 4.13. The first-order valence-corrected chi connectivity index (χ1v) is 6.61. The molecule has 0 aliphatic carbocycles. The number of rotatable bonds is 1. The average molecular weight is 293 g/mol. The van der Waals surface area contributed by atoms with Gasteiger partial charge >= 0.3 is 0 Å². The third-order valence-electron chi connectivity index (χ3n) is 2.63. The van der Waals surface area contributed by atoms with Crippen molar-refractivity contribution >= 4 is 32.2 Å². The second kappa shape index (κ2) is 3.71. The number of thiazole rings is 1. The normalized spacial score (nSPS) is 11.1. The van der Waals surface area contributed by atoms with Crippen LogP contribution in [-0.2, 0) is 0 Å². The van der Waals surface area contributed by atoms with Crippen molar-refractivity contribution in [2.45, 2.75) is 6.92 Å². The monoisotopic (exact) mass is 292 g/mol. The molecule has 0 unspecified atom stereocenters. The number of imidazole rings is 1. The highest BCUT2D eigenvalue weighted by Gasteiger charge is 2.12. The Balaban J connectivity index is 2.30. The Bertz CT molecular complexity index is 654. The van der Waals surface area contributed by atoms with Gasteiger partial charge in [-0.2, -0.15) is 0 Å². The van der Waals surface area contributed by atoms with Gasteiger partial charge in [0.25, 0.3) is 0 Å². The molecule has 0 radical (unpaired) electrons. The zero-order chi connectivity index (χ0) is 11.1. The molecule has 80 valence electrons. The number of halogens is 1. The van der Waals surface area contributed by atoms with Crippen molar-refractivity contribution in [3.05, 3.63) is 46.0 Å². The Labute approximate surface area is 106 Å². The Hall–Kier alpha value is -1.13. The molecule has 2 heterocycles. The zero-order valence-electron chi connectivity index (χ0n) is 8.64. The molecule has 0 bridgehead atoms. The van der Waals surface area contributed by atoms with Crippen LogP contribution in [-0.4, -0.2) is 9.38 Å². The quantitative estimate of drug-likeness (QED) is 0.659. The summed E-state index contributed by atoms with van der Waals surface area (Å²) in [4.78, 5) is 5.70. The van der Waals surface area contributed by atoms with Crippen molar-refractivity contribution in [3.8, 4) is 11.3 Å². The molecule has 16 heavy (non-hydrogen) atoms. The lowest BCUT2D eigenvalue weighted by Crippen LogP contribution is -1.85. The summed E-state index contributed by atoms with van der Waals surface area (Å²) in [5, 5.41) is 2.05. The second-order valence-corrected chi connectivity index (χ2v) is 5.31. The van der Waals surface area contributed by atoms with E-state index in [1.54, 1.807) is 11.3 Å². The summed E-state index contributed by atoms with van der Waals surface area (Å²) < 4.78 is 3.21. The minimum Gasteiger partial charge on any atom is -0.294 e. The van der Waals surface area contributed by atoms with Gasteiger partial charge in [-0.25, -0.2) is 4.98 Å². The number of nitrogens with zero attached hydrogens (tertiary/aromatic N) is 2. The fourth-order valence-electron chi connectivity index (χ4n) is 1.81. The predicted molar refractivity (Wildman–Crippen MR) is 70.9 cm³/mol. The summed E-state index contributed by atoms with van der Waals surface area (Å²) in [7, 11) is 0. The standard InChI is InChI=1S/C12H9BrN2S/c1-8-11(9-4-2-3-5-10(9)13)14-12-15(8)6-7-16-12/h2-7H,1H3. The second-order valence-electron chi connectivity index (χ2n) is 3.58. The largest absolute Gasteiger partial charge is 0.294 e. The fourth-order valence-corrected chi connectivity index (χ4v) is 3.04. The molecule has 0 saturated heterocycles. The van der Waals surface area contributed by atoms with E-state index in [4.69, 9.17) is 0 Å². The van der Waals surface area contributed by atoms with Crippen molar-refractivity contribution in [2.24, 2.45) is 0 Å². The van der Waals surface area contributed by atoms with Gasteiger partial charge in [-0.15, -0.1) is 11.3 Å². The lowest BCUT2D eigenvalue weighted by molar-refractivity contribution is 1.14. The Morgan fingerprint density at radius 2 is 2.12 bits per heavy atom. The van der Waals surface area contributed by atoms with Gasteiger partial charge in [-0.3, -0.25) is 4.40 Å². The maximum Gasteiger partial charge on any atom is 0.194 e. The van der Waals surface area contributed by atoms with Gasteiger partial charge in [0.05, 0.1) is 5.69 Å². The molecule has 0 amide bonds. The molecular formula is C12H9BrN2S. The van der Waals surface area contributed by atoms with Gasteiger partial charge in [0.1, 0.15) is 0 Å². The molecule has 2 nitrogen and oxygen atoms in total. The van der Waals surface area contributed by atoms with Crippen LogP contribution in [0.15, 0.2) is 40.3 Å². The van der Waals surface area contributed by atoms with Crippen molar-refractivity contribution in [3.63, 3.8) is 0 Å². The third-order valence-corrected chi connectivity index (χ3v) is 4.08. The fraction of sp³-hybridized carbons (Fsp3) is 0.0833. The summed E-state index contributed by atoms with van der Waals surface area (Å²) in [6.07, 6.45) is 2.06. The van der Waals surface area contributed by atoms with Crippen LogP contribution >= 0.6 is 27.3 Å². The van der Waals surface area contributed by atoms with E-state index in [0.717, 1.165) is 20.7 Å². The van der Waals surface area contributed by atoms with E-state index in [2.05, 4.69) is 49.9 Å². The van der Waals surface area contributed by atoms with E-state index in [9.17, 15) is 0 Å². The molecule has 0 aliphatic rings. The van der Waals surface area contributed by atoms with Gasteiger partial charge in [0.2, 0.25) is 0 Å². The minimum absolute atomic E-state index is 1.04. The summed E-state index contributed by atoms with van der Waals surface area (Å²) in [5.74, 6) is 0. The van der Waals surface area contributed by atoms with Crippen molar-refractivity contribution < 1.29 is 0 Å². The molecule has 0 saturated carbocycles. The van der Waals surface area contributed by atoms with Crippen LogP contribution in [0.3, 0.4) is 0 Å².